The molecule has 0 heterocycles. The molecule has 7 heteroatoms. The van der Waals surface area contributed by atoms with Crippen LogP contribution in [0, 0.1) is 0 Å². The lowest BCUT2D eigenvalue weighted by Gasteiger charge is -2.27. The highest BCUT2D eigenvalue weighted by Crippen LogP contribution is 2.32. The van der Waals surface area contributed by atoms with Crippen LogP contribution in [0.15, 0.2) is 42.5 Å². The Kier molecular flexibility index (Phi) is 6.11. The van der Waals surface area contributed by atoms with Gasteiger partial charge in [-0.2, -0.15) is 8.78 Å². The van der Waals surface area contributed by atoms with Crippen molar-refractivity contribution >= 4 is 6.03 Å². The fourth-order valence-corrected chi connectivity index (χ4v) is 3.25. The highest BCUT2D eigenvalue weighted by Gasteiger charge is 2.22. The lowest BCUT2D eigenvalue weighted by atomic mass is 9.87. The van der Waals surface area contributed by atoms with E-state index in [1.807, 2.05) is 24.3 Å². The van der Waals surface area contributed by atoms with Crippen molar-refractivity contribution in [2.75, 3.05) is 7.11 Å². The molecule has 1 unspecified atom stereocenters. The maximum atomic E-state index is 12.4. The smallest absolute Gasteiger partial charge is 0.387 e. The summed E-state index contributed by atoms with van der Waals surface area (Å²) in [6, 6.07) is 11.9. The van der Waals surface area contributed by atoms with E-state index in [0.29, 0.717) is 6.54 Å². The van der Waals surface area contributed by atoms with Gasteiger partial charge in [0.1, 0.15) is 11.5 Å². The van der Waals surface area contributed by atoms with Crippen molar-refractivity contribution in [3.8, 4) is 11.5 Å². The van der Waals surface area contributed by atoms with Crippen molar-refractivity contribution in [1.29, 1.82) is 0 Å². The quantitative estimate of drug-likeness (QED) is 0.795. The van der Waals surface area contributed by atoms with Crippen LogP contribution in [-0.4, -0.2) is 19.8 Å². The first-order valence-electron chi connectivity index (χ1n) is 8.80. The van der Waals surface area contributed by atoms with Crippen LogP contribution in [0.2, 0.25) is 0 Å². The minimum Gasteiger partial charge on any atom is -0.497 e. The van der Waals surface area contributed by atoms with Gasteiger partial charge in [0, 0.05) is 6.54 Å². The van der Waals surface area contributed by atoms with E-state index in [9.17, 15) is 13.6 Å². The van der Waals surface area contributed by atoms with Crippen molar-refractivity contribution in [3.05, 3.63) is 59.2 Å². The second-order valence-electron chi connectivity index (χ2n) is 6.36. The minimum absolute atomic E-state index is 0.147. The highest BCUT2D eigenvalue weighted by atomic mass is 19.3. The predicted molar refractivity (Wildman–Crippen MR) is 97.1 cm³/mol. The van der Waals surface area contributed by atoms with E-state index in [1.165, 1.54) is 6.07 Å². The molecule has 2 aromatic rings. The number of urea groups is 1. The van der Waals surface area contributed by atoms with Gasteiger partial charge in [0.25, 0.3) is 0 Å². The summed E-state index contributed by atoms with van der Waals surface area (Å²) in [7, 11) is 1.60. The van der Waals surface area contributed by atoms with E-state index in [2.05, 4.69) is 15.4 Å². The van der Waals surface area contributed by atoms with E-state index in [0.717, 1.165) is 41.7 Å². The number of halogens is 2. The predicted octanol–water partition coefficient (Wildman–Crippen LogP) is 4.17. The van der Waals surface area contributed by atoms with E-state index < -0.39 is 6.61 Å². The van der Waals surface area contributed by atoms with Crippen LogP contribution in [0.25, 0.3) is 0 Å². The number of benzene rings is 2. The summed E-state index contributed by atoms with van der Waals surface area (Å²) in [6.45, 7) is -2.44. The minimum atomic E-state index is -2.84. The first kappa shape index (κ1) is 18.9. The molecule has 0 aliphatic heterocycles. The monoisotopic (exact) mass is 376 g/mol. The average Bonchev–Trinajstić information content (AvgIpc) is 2.66. The van der Waals surface area contributed by atoms with Gasteiger partial charge in [-0.1, -0.05) is 18.2 Å². The number of aryl methyl sites for hydroxylation is 1. The lowest BCUT2D eigenvalue weighted by molar-refractivity contribution is -0.0499. The molecule has 0 aromatic heterocycles. The SMILES string of the molecule is COc1ccc(CNC(=O)NC2CCCc3cc(OC(F)F)ccc32)cc1. The molecule has 0 saturated carbocycles. The molecular weight excluding hydrogens is 354 g/mol. The van der Waals surface area contributed by atoms with E-state index in [-0.39, 0.29) is 17.8 Å². The Labute approximate surface area is 156 Å². The molecule has 0 fully saturated rings. The molecule has 1 atom stereocenters. The molecule has 1 aliphatic rings. The molecule has 0 saturated heterocycles. The van der Waals surface area contributed by atoms with Crippen molar-refractivity contribution in [2.45, 2.75) is 38.5 Å². The zero-order chi connectivity index (χ0) is 19.2. The van der Waals surface area contributed by atoms with E-state index in [4.69, 9.17) is 4.74 Å². The zero-order valence-electron chi connectivity index (χ0n) is 15.0. The number of carbonyl (C=O) groups excluding carboxylic acids is 1. The Hall–Kier alpha value is -2.83. The molecule has 2 aromatic carbocycles. The highest BCUT2D eigenvalue weighted by molar-refractivity contribution is 5.74. The molecule has 0 radical (unpaired) electrons. The summed E-state index contributed by atoms with van der Waals surface area (Å²) < 4.78 is 34.3. The third-order valence-electron chi connectivity index (χ3n) is 4.57. The summed E-state index contributed by atoms with van der Waals surface area (Å²) in [4.78, 5) is 12.3. The van der Waals surface area contributed by atoms with E-state index in [1.54, 1.807) is 19.2 Å². The summed E-state index contributed by atoms with van der Waals surface area (Å²) in [5.41, 5.74) is 2.84. The van der Waals surface area contributed by atoms with Crippen LogP contribution >= 0.6 is 0 Å². The van der Waals surface area contributed by atoms with Crippen molar-refractivity contribution in [1.82, 2.24) is 10.6 Å². The largest absolute Gasteiger partial charge is 0.497 e. The lowest BCUT2D eigenvalue weighted by Crippen LogP contribution is -2.38. The molecule has 5 nitrogen and oxygen atoms in total. The van der Waals surface area contributed by atoms with Gasteiger partial charge < -0.3 is 20.1 Å². The molecule has 2 N–H and O–H groups in total. The number of carbonyl (C=O) groups is 1. The number of amides is 2. The van der Waals surface area contributed by atoms with Gasteiger partial charge in [-0.15, -0.1) is 0 Å². The second-order valence-corrected chi connectivity index (χ2v) is 6.36. The van der Waals surface area contributed by atoms with Gasteiger partial charge in [0.15, 0.2) is 0 Å². The molecule has 27 heavy (non-hydrogen) atoms. The normalized spacial score (nSPS) is 15.8. The molecule has 0 spiro atoms. The summed E-state index contributed by atoms with van der Waals surface area (Å²) in [5, 5.41) is 5.80. The van der Waals surface area contributed by atoms with Crippen LogP contribution in [0.1, 0.15) is 35.6 Å². The maximum absolute atomic E-state index is 12.4. The topological polar surface area (TPSA) is 59.6 Å². The number of methoxy groups -OCH3 is 1. The van der Waals surface area contributed by atoms with Crippen molar-refractivity contribution in [2.24, 2.45) is 0 Å². The first-order chi connectivity index (χ1) is 13.0. The summed E-state index contributed by atoms with van der Waals surface area (Å²) >= 11 is 0. The molecule has 144 valence electrons. The number of ether oxygens (including phenoxy) is 2. The van der Waals surface area contributed by atoms with Gasteiger partial charge in [-0.3, -0.25) is 0 Å². The van der Waals surface area contributed by atoms with Crippen molar-refractivity contribution < 1.29 is 23.0 Å². The van der Waals surface area contributed by atoms with Gasteiger partial charge in [0.2, 0.25) is 0 Å². The van der Waals surface area contributed by atoms with Gasteiger partial charge in [-0.25, -0.2) is 4.79 Å². The second kappa shape index (κ2) is 8.70. The number of rotatable bonds is 6. The van der Waals surface area contributed by atoms with Crippen LogP contribution in [-0.2, 0) is 13.0 Å². The third kappa shape index (κ3) is 5.09. The Morgan fingerprint density at radius 3 is 2.63 bits per heavy atom. The molecule has 3 rings (SSSR count). The van der Waals surface area contributed by atoms with Gasteiger partial charge in [-0.05, 0) is 60.2 Å². The van der Waals surface area contributed by atoms with Crippen LogP contribution in [0.5, 0.6) is 11.5 Å². The van der Waals surface area contributed by atoms with Crippen LogP contribution in [0.4, 0.5) is 13.6 Å². The van der Waals surface area contributed by atoms with Gasteiger partial charge >= 0.3 is 12.6 Å². The Morgan fingerprint density at radius 2 is 1.93 bits per heavy atom. The molecule has 1 aliphatic carbocycles. The average molecular weight is 376 g/mol. The fraction of sp³-hybridized carbons (Fsp3) is 0.350. The standard InChI is InChI=1S/C20H22F2N2O3/c1-26-15-7-5-13(6-8-15)12-23-20(25)24-18-4-2-3-14-11-16(27-19(21)22)9-10-17(14)18/h5-11,18-19H,2-4,12H2,1H3,(H2,23,24,25). The van der Waals surface area contributed by atoms with Crippen LogP contribution in [0.3, 0.4) is 0 Å². The number of fused-ring (bicyclic) bond motifs is 1. The number of nitrogens with one attached hydrogen (secondary N) is 2. The number of hydrogen-bond acceptors (Lipinski definition) is 3. The molecular formula is C20H22F2N2O3. The Balaban J connectivity index is 1.58. The first-order valence-corrected chi connectivity index (χ1v) is 8.80. The summed E-state index contributed by atoms with van der Waals surface area (Å²) in [6.07, 6.45) is 2.45. The molecule has 0 bridgehead atoms. The Morgan fingerprint density at radius 1 is 1.19 bits per heavy atom. The Bertz CT molecular complexity index is 781. The molecule has 2 amide bonds. The fourth-order valence-electron chi connectivity index (χ4n) is 3.25. The third-order valence-corrected chi connectivity index (χ3v) is 4.57. The van der Waals surface area contributed by atoms with Crippen molar-refractivity contribution in [3.63, 3.8) is 0 Å². The maximum Gasteiger partial charge on any atom is 0.387 e. The van der Waals surface area contributed by atoms with Gasteiger partial charge in [0.05, 0.1) is 13.2 Å². The summed E-state index contributed by atoms with van der Waals surface area (Å²) in [5.74, 6) is 0.908. The number of alkyl halides is 2. The van der Waals surface area contributed by atoms with Crippen LogP contribution < -0.4 is 20.1 Å². The van der Waals surface area contributed by atoms with E-state index >= 15 is 0 Å². The number of hydrogen-bond donors (Lipinski definition) is 2. The zero-order valence-corrected chi connectivity index (χ0v) is 15.0.